The zero-order valence-corrected chi connectivity index (χ0v) is 30.5. The SMILES string of the molecule is CC1=C([Se]C2=C(C)NN(C(C)[c-]3cccc3)C2(C)C)C(C)(C)N(C(C)[c-]2cccc2)N1.[Fe+2].[Fe+2].c1cc[cH-]c1.c1cc[cH-]c1. The third-order valence-corrected chi connectivity index (χ3v) is 12.2. The van der Waals surface area contributed by atoms with Crippen molar-refractivity contribution in [2.75, 3.05) is 0 Å². The predicted octanol–water partition coefficient (Wildman–Crippen LogP) is 8.12. The standard InChI is InChI=1S/C26H36N4Se.2C5H5.2Fe/c1-17-23(25(5,6)29(27-17)19(3)21-13-9-10-14-21)31-24-18(2)28-30(26(24,7)8)20(4)22-15-11-12-16-22;2*1-2-4-5-3-1;;/h9-16,19-20,27-28H,1-8H3;2*1-5H;;/q-2;2*-1;2*+2. The third kappa shape index (κ3) is 8.57. The zero-order valence-electron chi connectivity index (χ0n) is 26.6. The number of rotatable bonds is 6. The van der Waals surface area contributed by atoms with E-state index in [1.807, 2.05) is 60.7 Å². The molecule has 4 aromatic carbocycles. The van der Waals surface area contributed by atoms with Crippen molar-refractivity contribution >= 4 is 15.0 Å². The van der Waals surface area contributed by atoms with Crippen LogP contribution < -0.4 is 10.9 Å². The second-order valence-corrected chi connectivity index (χ2v) is 13.9. The van der Waals surface area contributed by atoms with E-state index in [1.54, 1.807) is 0 Å². The number of hydrogen-bond acceptors (Lipinski definition) is 4. The molecule has 2 unspecified atom stereocenters. The summed E-state index contributed by atoms with van der Waals surface area (Å²) >= 11 is 0.238. The van der Waals surface area contributed by atoms with Gasteiger partial charge in [0.25, 0.3) is 0 Å². The zero-order chi connectivity index (χ0) is 29.6. The number of nitrogens with one attached hydrogen (secondary N) is 2. The molecule has 0 aromatic heterocycles. The Balaban J connectivity index is 0.000000454. The molecule has 0 aliphatic carbocycles. The van der Waals surface area contributed by atoms with Gasteiger partial charge in [0.15, 0.2) is 0 Å². The van der Waals surface area contributed by atoms with Gasteiger partial charge in [0.1, 0.15) is 0 Å². The molecule has 6 rings (SSSR count). The van der Waals surface area contributed by atoms with Crippen molar-refractivity contribution in [3.05, 3.63) is 141 Å². The minimum Gasteiger partial charge on any atom is -0.214 e. The Morgan fingerprint density at radius 1 is 0.605 bits per heavy atom. The summed E-state index contributed by atoms with van der Waals surface area (Å²) in [6, 6.07) is 38.0. The van der Waals surface area contributed by atoms with Gasteiger partial charge in [-0.2, -0.15) is 36.4 Å². The van der Waals surface area contributed by atoms with Gasteiger partial charge in [0.05, 0.1) is 0 Å². The maximum absolute atomic E-state index is 3.73. The quantitative estimate of drug-likeness (QED) is 0.155. The molecular weight excluding hydrogens is 679 g/mol. The van der Waals surface area contributed by atoms with Crippen LogP contribution in [0, 0.1) is 0 Å². The Bertz CT molecular complexity index is 1220. The van der Waals surface area contributed by atoms with E-state index in [2.05, 4.69) is 125 Å². The Kier molecular flexibility index (Phi) is 14.1. The molecule has 2 atom stereocenters. The molecule has 2 N–H and O–H groups in total. The summed E-state index contributed by atoms with van der Waals surface area (Å²) in [4.78, 5) is 0. The van der Waals surface area contributed by atoms with Gasteiger partial charge < -0.3 is 0 Å². The first-order valence-corrected chi connectivity index (χ1v) is 16.3. The molecule has 0 fully saturated rings. The van der Waals surface area contributed by atoms with Crippen molar-refractivity contribution in [3.63, 3.8) is 0 Å². The molecule has 4 aromatic rings. The van der Waals surface area contributed by atoms with Crippen molar-refractivity contribution in [1.29, 1.82) is 0 Å². The van der Waals surface area contributed by atoms with Crippen molar-refractivity contribution in [2.45, 2.75) is 78.6 Å². The van der Waals surface area contributed by atoms with E-state index in [9.17, 15) is 0 Å². The van der Waals surface area contributed by atoms with E-state index < -0.39 is 0 Å². The number of hydrazine groups is 2. The monoisotopic (exact) mass is 726 g/mol. The first-order valence-electron chi connectivity index (χ1n) is 14.5. The van der Waals surface area contributed by atoms with Crippen molar-refractivity contribution in [2.24, 2.45) is 0 Å². The van der Waals surface area contributed by atoms with E-state index in [0.29, 0.717) is 12.1 Å². The van der Waals surface area contributed by atoms with Crippen LogP contribution in [0.4, 0.5) is 0 Å². The van der Waals surface area contributed by atoms with E-state index >= 15 is 0 Å². The van der Waals surface area contributed by atoms with Crippen molar-refractivity contribution < 1.29 is 34.1 Å². The minimum absolute atomic E-state index is 0. The first kappa shape index (κ1) is 37.1. The topological polar surface area (TPSA) is 30.5 Å². The summed E-state index contributed by atoms with van der Waals surface area (Å²) in [5.74, 6) is 0. The molecule has 0 saturated heterocycles. The van der Waals surface area contributed by atoms with Gasteiger partial charge in [-0.15, -0.1) is 0 Å². The van der Waals surface area contributed by atoms with Crippen LogP contribution >= 0.6 is 0 Å². The average molecular weight is 725 g/mol. The summed E-state index contributed by atoms with van der Waals surface area (Å²) in [5, 5.41) is 4.87. The number of allylic oxidation sites excluding steroid dienone is 2. The van der Waals surface area contributed by atoms with Gasteiger partial charge in [-0.1, -0.05) is 0 Å². The summed E-state index contributed by atoms with van der Waals surface area (Å²) in [5.41, 5.74) is 12.7. The van der Waals surface area contributed by atoms with Crippen LogP contribution in [-0.2, 0) is 34.1 Å². The van der Waals surface area contributed by atoms with Gasteiger partial charge in [0, 0.05) is 0 Å². The van der Waals surface area contributed by atoms with E-state index in [4.69, 9.17) is 0 Å². The Labute approximate surface area is 287 Å². The second kappa shape index (κ2) is 16.3. The largest absolute Gasteiger partial charge is 2.00 e. The maximum atomic E-state index is 3.73. The Morgan fingerprint density at radius 2 is 0.907 bits per heavy atom. The molecule has 0 amide bonds. The molecule has 43 heavy (non-hydrogen) atoms. The summed E-state index contributed by atoms with van der Waals surface area (Å²) in [6.07, 6.45) is 0. The summed E-state index contributed by atoms with van der Waals surface area (Å²) in [7, 11) is 0. The maximum Gasteiger partial charge on any atom is 2.00 e. The van der Waals surface area contributed by atoms with Crippen molar-refractivity contribution in [3.8, 4) is 0 Å². The van der Waals surface area contributed by atoms with Crippen LogP contribution in [0.5, 0.6) is 0 Å². The average Bonchev–Trinajstić information content (AvgIpc) is 3.78. The Morgan fingerprint density at radius 3 is 1.16 bits per heavy atom. The smallest absolute Gasteiger partial charge is 0.214 e. The van der Waals surface area contributed by atoms with Crippen LogP contribution in [0.15, 0.2) is 130 Å². The van der Waals surface area contributed by atoms with Crippen LogP contribution in [0.1, 0.15) is 78.6 Å². The van der Waals surface area contributed by atoms with E-state index in [1.165, 1.54) is 31.5 Å². The normalized spacial score (nSPS) is 18.6. The molecule has 0 spiro atoms. The fraction of sp³-hybridized carbons (Fsp3) is 0.333. The Hall–Kier alpha value is -2.04. The van der Waals surface area contributed by atoms with Gasteiger partial charge in [-0.05, 0) is 0 Å². The van der Waals surface area contributed by atoms with Crippen LogP contribution in [0.2, 0.25) is 0 Å². The predicted molar refractivity (Wildman–Crippen MR) is 174 cm³/mol. The van der Waals surface area contributed by atoms with Gasteiger partial charge in [0.2, 0.25) is 0 Å². The third-order valence-electron chi connectivity index (χ3n) is 8.00. The number of hydrogen-bond donors (Lipinski definition) is 2. The molecule has 0 radical (unpaired) electrons. The summed E-state index contributed by atoms with van der Waals surface area (Å²) in [6.45, 7) is 18.5. The molecule has 2 aliphatic heterocycles. The van der Waals surface area contributed by atoms with Crippen LogP contribution in [-0.4, -0.2) is 36.1 Å². The fourth-order valence-electron chi connectivity index (χ4n) is 5.82. The molecule has 0 saturated carbocycles. The molecule has 232 valence electrons. The molecule has 2 heterocycles. The van der Waals surface area contributed by atoms with Crippen LogP contribution in [0.3, 0.4) is 0 Å². The van der Waals surface area contributed by atoms with E-state index in [-0.39, 0.29) is 60.2 Å². The van der Waals surface area contributed by atoms with Gasteiger partial charge >= 0.3 is 229 Å². The van der Waals surface area contributed by atoms with Gasteiger partial charge in [-0.3, -0.25) is 0 Å². The molecule has 0 bridgehead atoms. The molecular formula is C36H46Fe2N4Se. The second-order valence-electron chi connectivity index (χ2n) is 11.8. The molecule has 2 aliphatic rings. The van der Waals surface area contributed by atoms with E-state index in [0.717, 1.165) is 0 Å². The van der Waals surface area contributed by atoms with Gasteiger partial charge in [-0.25, -0.2) is 24.3 Å². The summed E-state index contributed by atoms with van der Waals surface area (Å²) < 4.78 is 3.07. The fourth-order valence-corrected chi connectivity index (χ4v) is 8.54. The molecule has 4 nitrogen and oxygen atoms in total. The van der Waals surface area contributed by atoms with Crippen molar-refractivity contribution in [1.82, 2.24) is 20.9 Å². The van der Waals surface area contributed by atoms with Crippen LogP contribution in [0.25, 0.3) is 0 Å². The first-order chi connectivity index (χ1) is 19.5. The number of nitrogens with zero attached hydrogens (tertiary/aromatic N) is 2. The minimum atomic E-state index is -0.0468. The molecule has 7 heteroatoms.